The number of rotatable bonds is 4. The van der Waals surface area contributed by atoms with Crippen LogP contribution in [0.1, 0.15) is 36.7 Å². The highest BCUT2D eigenvalue weighted by atomic mass is 16.5. The number of imidazole rings is 1. The van der Waals surface area contributed by atoms with E-state index in [1.165, 1.54) is 11.1 Å². The normalized spacial score (nSPS) is 11.3. The number of para-hydroxylation sites is 2. The molecular formula is C19H22N2O. The Balaban J connectivity index is 1.88. The first-order valence-corrected chi connectivity index (χ1v) is 7.70. The third-order valence-electron chi connectivity index (χ3n) is 4.03. The zero-order valence-electron chi connectivity index (χ0n) is 13.6. The van der Waals surface area contributed by atoms with Crippen molar-refractivity contribution >= 4 is 11.0 Å². The number of ether oxygens (including phenoxy) is 1. The quantitative estimate of drug-likeness (QED) is 0.704. The van der Waals surface area contributed by atoms with Crippen molar-refractivity contribution in [2.45, 2.75) is 33.3 Å². The molecule has 0 fully saturated rings. The molecule has 0 spiro atoms. The topological polar surface area (TPSA) is 27.1 Å². The van der Waals surface area contributed by atoms with Gasteiger partial charge in [-0.25, -0.2) is 4.98 Å². The zero-order valence-corrected chi connectivity index (χ0v) is 13.6. The monoisotopic (exact) mass is 294 g/mol. The number of nitrogens with zero attached hydrogens (tertiary/aromatic N) is 2. The Bertz CT molecular complexity index is 802. The van der Waals surface area contributed by atoms with Gasteiger partial charge in [0.15, 0.2) is 0 Å². The molecule has 0 N–H and O–H groups in total. The van der Waals surface area contributed by atoms with E-state index in [1.54, 1.807) is 0 Å². The van der Waals surface area contributed by atoms with Gasteiger partial charge >= 0.3 is 0 Å². The summed E-state index contributed by atoms with van der Waals surface area (Å²) in [6.45, 7) is 6.94. The van der Waals surface area contributed by atoms with Crippen molar-refractivity contribution < 1.29 is 4.74 Å². The molecule has 1 heterocycles. The highest BCUT2D eigenvalue weighted by Gasteiger charge is 2.11. The zero-order chi connectivity index (χ0) is 15.7. The largest absolute Gasteiger partial charge is 0.485 e. The van der Waals surface area contributed by atoms with Gasteiger partial charge in [0.1, 0.15) is 18.2 Å². The van der Waals surface area contributed by atoms with Crippen molar-refractivity contribution in [1.82, 2.24) is 9.55 Å². The second kappa shape index (κ2) is 5.84. The molecule has 22 heavy (non-hydrogen) atoms. The molecule has 3 rings (SSSR count). The number of hydrogen-bond acceptors (Lipinski definition) is 2. The van der Waals surface area contributed by atoms with Gasteiger partial charge in [0.05, 0.1) is 11.0 Å². The predicted molar refractivity (Wildman–Crippen MR) is 90.3 cm³/mol. The maximum Gasteiger partial charge on any atom is 0.147 e. The Labute approximate surface area is 131 Å². The Morgan fingerprint density at radius 1 is 1.14 bits per heavy atom. The summed E-state index contributed by atoms with van der Waals surface area (Å²) in [5.74, 6) is 2.34. The Hall–Kier alpha value is -2.29. The second-order valence-corrected chi connectivity index (χ2v) is 6.06. The van der Waals surface area contributed by atoms with Gasteiger partial charge in [-0.3, -0.25) is 0 Å². The summed E-state index contributed by atoms with van der Waals surface area (Å²) in [6.07, 6.45) is 0. The van der Waals surface area contributed by atoms with Crippen LogP contribution in [0.3, 0.4) is 0 Å². The van der Waals surface area contributed by atoms with Crippen LogP contribution in [-0.2, 0) is 13.7 Å². The number of hydrogen-bond donors (Lipinski definition) is 0. The van der Waals surface area contributed by atoms with Crippen LogP contribution in [0.15, 0.2) is 42.5 Å². The van der Waals surface area contributed by atoms with Crippen molar-refractivity contribution in [3.63, 3.8) is 0 Å². The summed E-state index contributed by atoms with van der Waals surface area (Å²) in [5, 5.41) is 0. The minimum absolute atomic E-state index is 0.441. The lowest BCUT2D eigenvalue weighted by Crippen LogP contribution is -2.05. The first-order chi connectivity index (χ1) is 10.6. The SMILES string of the molecule is Cc1ccc(C(C)C)c(OCc2nc3ccccc3n2C)c1. The van der Waals surface area contributed by atoms with Gasteiger partial charge in [-0.1, -0.05) is 38.1 Å². The molecule has 0 atom stereocenters. The van der Waals surface area contributed by atoms with Crippen LogP contribution in [0.25, 0.3) is 11.0 Å². The van der Waals surface area contributed by atoms with Gasteiger partial charge in [-0.15, -0.1) is 0 Å². The maximum absolute atomic E-state index is 6.09. The van der Waals surface area contributed by atoms with Crippen molar-refractivity contribution in [3.8, 4) is 5.75 Å². The summed E-state index contributed by atoms with van der Waals surface area (Å²) in [5.41, 5.74) is 4.60. The molecule has 0 radical (unpaired) electrons. The number of fused-ring (bicyclic) bond motifs is 1. The standard InChI is InChI=1S/C19H22N2O/c1-13(2)15-10-9-14(3)11-18(15)22-12-19-20-16-7-5-6-8-17(16)21(19)4/h5-11,13H,12H2,1-4H3. The Morgan fingerprint density at radius 2 is 1.91 bits per heavy atom. The van der Waals surface area contributed by atoms with Crippen LogP contribution < -0.4 is 4.74 Å². The van der Waals surface area contributed by atoms with Gasteiger partial charge in [-0.2, -0.15) is 0 Å². The molecule has 0 aliphatic rings. The van der Waals surface area contributed by atoms with Crippen LogP contribution in [0, 0.1) is 6.92 Å². The summed E-state index contributed by atoms with van der Waals surface area (Å²) in [4.78, 5) is 4.66. The van der Waals surface area contributed by atoms with Crippen LogP contribution in [0.5, 0.6) is 5.75 Å². The van der Waals surface area contributed by atoms with Gasteiger partial charge in [0, 0.05) is 7.05 Å². The fraction of sp³-hybridized carbons (Fsp3) is 0.316. The summed E-state index contributed by atoms with van der Waals surface area (Å²) in [6, 6.07) is 14.6. The van der Waals surface area contributed by atoms with E-state index in [1.807, 2.05) is 25.2 Å². The highest BCUT2D eigenvalue weighted by molar-refractivity contribution is 5.75. The van der Waals surface area contributed by atoms with Crippen LogP contribution >= 0.6 is 0 Å². The molecule has 0 unspecified atom stereocenters. The van der Waals surface area contributed by atoms with Crippen molar-refractivity contribution in [2.24, 2.45) is 7.05 Å². The fourth-order valence-corrected chi connectivity index (χ4v) is 2.71. The molecule has 0 aliphatic heterocycles. The lowest BCUT2D eigenvalue weighted by Gasteiger charge is -2.14. The van der Waals surface area contributed by atoms with E-state index in [2.05, 4.69) is 54.6 Å². The lowest BCUT2D eigenvalue weighted by molar-refractivity contribution is 0.288. The van der Waals surface area contributed by atoms with Crippen molar-refractivity contribution in [3.05, 3.63) is 59.4 Å². The molecule has 3 aromatic rings. The third-order valence-corrected chi connectivity index (χ3v) is 4.03. The molecule has 2 aromatic carbocycles. The van der Waals surface area contributed by atoms with Crippen molar-refractivity contribution in [1.29, 1.82) is 0 Å². The molecular weight excluding hydrogens is 272 g/mol. The summed E-state index contributed by atoms with van der Waals surface area (Å²) in [7, 11) is 2.04. The van der Waals surface area contributed by atoms with Gasteiger partial charge in [0.2, 0.25) is 0 Å². The molecule has 3 heteroatoms. The fourth-order valence-electron chi connectivity index (χ4n) is 2.71. The van der Waals surface area contributed by atoms with E-state index in [-0.39, 0.29) is 0 Å². The predicted octanol–water partition coefficient (Wildman–Crippen LogP) is 4.58. The molecule has 0 saturated carbocycles. The molecule has 0 saturated heterocycles. The third kappa shape index (κ3) is 2.71. The number of benzene rings is 2. The van der Waals surface area contributed by atoms with Crippen LogP contribution in [-0.4, -0.2) is 9.55 Å². The first kappa shape index (κ1) is 14.6. The molecule has 0 aliphatic carbocycles. The van der Waals surface area contributed by atoms with Gasteiger partial charge in [-0.05, 0) is 42.2 Å². The maximum atomic E-state index is 6.09. The summed E-state index contributed by atoms with van der Waals surface area (Å²) < 4.78 is 8.19. The number of aryl methyl sites for hydroxylation is 2. The van der Waals surface area contributed by atoms with Gasteiger partial charge in [0.25, 0.3) is 0 Å². The van der Waals surface area contributed by atoms with Crippen molar-refractivity contribution in [2.75, 3.05) is 0 Å². The highest BCUT2D eigenvalue weighted by Crippen LogP contribution is 2.28. The average Bonchev–Trinajstić information content (AvgIpc) is 2.82. The Kier molecular flexibility index (Phi) is 3.88. The second-order valence-electron chi connectivity index (χ2n) is 6.06. The number of aromatic nitrogens is 2. The van der Waals surface area contributed by atoms with E-state index in [9.17, 15) is 0 Å². The smallest absolute Gasteiger partial charge is 0.147 e. The van der Waals surface area contributed by atoms with Crippen LogP contribution in [0.4, 0.5) is 0 Å². The minimum Gasteiger partial charge on any atom is -0.485 e. The molecule has 0 amide bonds. The minimum atomic E-state index is 0.441. The first-order valence-electron chi connectivity index (χ1n) is 7.70. The van der Waals surface area contributed by atoms with E-state index in [0.29, 0.717) is 12.5 Å². The lowest BCUT2D eigenvalue weighted by atomic mass is 10.0. The van der Waals surface area contributed by atoms with Gasteiger partial charge < -0.3 is 9.30 Å². The Morgan fingerprint density at radius 3 is 2.64 bits per heavy atom. The molecule has 114 valence electrons. The van der Waals surface area contributed by atoms with Crippen LogP contribution in [0.2, 0.25) is 0 Å². The summed E-state index contributed by atoms with van der Waals surface area (Å²) >= 11 is 0. The van der Waals surface area contributed by atoms with E-state index >= 15 is 0 Å². The molecule has 1 aromatic heterocycles. The van der Waals surface area contributed by atoms with E-state index in [4.69, 9.17) is 4.74 Å². The molecule has 0 bridgehead atoms. The van der Waals surface area contributed by atoms with E-state index < -0.39 is 0 Å². The van der Waals surface area contributed by atoms with E-state index in [0.717, 1.165) is 22.6 Å². The average molecular weight is 294 g/mol. The molecule has 3 nitrogen and oxygen atoms in total.